The number of carbonyl (C=O) groups excluding carboxylic acids is 2. The molecule has 0 saturated heterocycles. The molecule has 0 aliphatic heterocycles. The number of halogens is 2. The molecule has 0 fully saturated rings. The van der Waals surface area contributed by atoms with Gasteiger partial charge in [0.1, 0.15) is 11.6 Å². The second-order valence-corrected chi connectivity index (χ2v) is 8.84. The van der Waals surface area contributed by atoms with Gasteiger partial charge in [-0.2, -0.15) is 0 Å². The largest absolute Gasteiger partial charge is 0.497 e. The van der Waals surface area contributed by atoms with E-state index in [0.717, 1.165) is 0 Å². The Morgan fingerprint density at radius 3 is 2.50 bits per heavy atom. The molecule has 178 valence electrons. The van der Waals surface area contributed by atoms with Gasteiger partial charge >= 0.3 is 0 Å². The van der Waals surface area contributed by atoms with Crippen LogP contribution in [0.1, 0.15) is 16.2 Å². The average molecular weight is 520 g/mol. The van der Waals surface area contributed by atoms with Crippen molar-refractivity contribution in [3.05, 3.63) is 76.6 Å². The molecular weight excluding hydrogens is 497 g/mol. The van der Waals surface area contributed by atoms with Gasteiger partial charge in [0.05, 0.1) is 12.9 Å². The summed E-state index contributed by atoms with van der Waals surface area (Å²) >= 11 is 13.2. The summed E-state index contributed by atoms with van der Waals surface area (Å²) in [5.41, 5.74) is 1.06. The van der Waals surface area contributed by atoms with Crippen LogP contribution in [0.15, 0.2) is 60.3 Å². The Morgan fingerprint density at radius 2 is 1.85 bits per heavy atom. The molecule has 34 heavy (non-hydrogen) atoms. The molecule has 2 aromatic carbocycles. The Hall–Kier alpha value is -3.01. The van der Waals surface area contributed by atoms with Gasteiger partial charge in [0.25, 0.3) is 5.91 Å². The SMILES string of the molecule is C=CCn1c(CCNC(=O)c2ccc(OC)cc2)nnc1SCC(=O)Nc1cc(Cl)cc(Cl)c1. The van der Waals surface area contributed by atoms with Crippen LogP contribution in [0, 0.1) is 0 Å². The lowest BCUT2D eigenvalue weighted by Gasteiger charge is -2.09. The minimum Gasteiger partial charge on any atom is -0.497 e. The Morgan fingerprint density at radius 1 is 1.15 bits per heavy atom. The standard InChI is InChI=1S/C23H23Cl2N5O3S/c1-3-10-30-20(8-9-26-22(32)15-4-6-19(33-2)7-5-15)28-29-23(30)34-14-21(31)27-18-12-16(24)11-17(25)13-18/h3-7,11-13H,1,8-10,14H2,2H3,(H,26,32)(H,27,31). The van der Waals surface area contributed by atoms with Gasteiger partial charge in [0.2, 0.25) is 5.91 Å². The number of hydrogen-bond acceptors (Lipinski definition) is 6. The molecule has 2 amide bonds. The topological polar surface area (TPSA) is 98.1 Å². The molecule has 3 rings (SSSR count). The van der Waals surface area contributed by atoms with Crippen molar-refractivity contribution < 1.29 is 14.3 Å². The molecule has 1 heterocycles. The quantitative estimate of drug-likeness (QED) is 0.286. The molecule has 2 N–H and O–H groups in total. The average Bonchev–Trinajstić information content (AvgIpc) is 3.18. The smallest absolute Gasteiger partial charge is 0.251 e. The number of rotatable bonds is 11. The molecular formula is C23H23Cl2N5O3S. The summed E-state index contributed by atoms with van der Waals surface area (Å²) in [7, 11) is 1.57. The van der Waals surface area contributed by atoms with E-state index in [4.69, 9.17) is 27.9 Å². The zero-order chi connectivity index (χ0) is 24.5. The fourth-order valence-corrected chi connectivity index (χ4v) is 4.30. The normalized spacial score (nSPS) is 10.6. The zero-order valence-corrected chi connectivity index (χ0v) is 20.7. The van der Waals surface area contributed by atoms with Crippen LogP contribution >= 0.6 is 35.0 Å². The van der Waals surface area contributed by atoms with Crippen molar-refractivity contribution in [2.24, 2.45) is 0 Å². The number of amides is 2. The molecule has 0 aliphatic rings. The van der Waals surface area contributed by atoms with Crippen LogP contribution < -0.4 is 15.4 Å². The van der Waals surface area contributed by atoms with Crippen LogP contribution in [0.5, 0.6) is 5.75 Å². The van der Waals surface area contributed by atoms with E-state index in [1.165, 1.54) is 11.8 Å². The fraction of sp³-hybridized carbons (Fsp3) is 0.217. The van der Waals surface area contributed by atoms with E-state index in [2.05, 4.69) is 27.4 Å². The number of methoxy groups -OCH3 is 1. The van der Waals surface area contributed by atoms with Crippen molar-refractivity contribution in [1.82, 2.24) is 20.1 Å². The first-order chi connectivity index (χ1) is 16.4. The van der Waals surface area contributed by atoms with E-state index in [1.807, 2.05) is 4.57 Å². The highest BCUT2D eigenvalue weighted by molar-refractivity contribution is 7.99. The number of nitrogens with zero attached hydrogens (tertiary/aromatic N) is 3. The molecule has 3 aromatic rings. The Kier molecular flexibility index (Phi) is 9.38. The number of nitrogens with one attached hydrogen (secondary N) is 2. The summed E-state index contributed by atoms with van der Waals surface area (Å²) in [6.45, 7) is 4.63. The Labute approximate surface area is 211 Å². The van der Waals surface area contributed by atoms with Crippen molar-refractivity contribution in [3.8, 4) is 5.75 Å². The van der Waals surface area contributed by atoms with Crippen LogP contribution in [-0.4, -0.2) is 46.0 Å². The molecule has 0 radical (unpaired) electrons. The number of aromatic nitrogens is 3. The predicted octanol–water partition coefficient (Wildman–Crippen LogP) is 4.48. The van der Waals surface area contributed by atoms with Crippen molar-refractivity contribution >= 4 is 52.5 Å². The number of ether oxygens (including phenoxy) is 1. The van der Waals surface area contributed by atoms with Crippen LogP contribution in [0.2, 0.25) is 10.0 Å². The molecule has 0 aliphatic carbocycles. The number of hydrogen-bond donors (Lipinski definition) is 2. The first-order valence-corrected chi connectivity index (χ1v) is 12.0. The van der Waals surface area contributed by atoms with Gasteiger partial charge < -0.3 is 19.9 Å². The molecule has 0 saturated carbocycles. The summed E-state index contributed by atoms with van der Waals surface area (Å²) in [5.74, 6) is 1.06. The molecule has 11 heteroatoms. The third kappa shape index (κ3) is 7.24. The lowest BCUT2D eigenvalue weighted by atomic mass is 10.2. The van der Waals surface area contributed by atoms with Crippen molar-refractivity contribution in [2.45, 2.75) is 18.1 Å². The van der Waals surface area contributed by atoms with E-state index >= 15 is 0 Å². The number of allylic oxidation sites excluding steroid dienone is 1. The van der Waals surface area contributed by atoms with Gasteiger partial charge in [-0.25, -0.2) is 0 Å². The van der Waals surface area contributed by atoms with Crippen molar-refractivity contribution in [3.63, 3.8) is 0 Å². The predicted molar refractivity (Wildman–Crippen MR) is 135 cm³/mol. The highest BCUT2D eigenvalue weighted by atomic mass is 35.5. The monoisotopic (exact) mass is 519 g/mol. The summed E-state index contributed by atoms with van der Waals surface area (Å²) in [6, 6.07) is 11.7. The number of benzene rings is 2. The number of thioether (sulfide) groups is 1. The second-order valence-electron chi connectivity index (χ2n) is 7.03. The third-order valence-electron chi connectivity index (χ3n) is 4.57. The fourth-order valence-electron chi connectivity index (χ4n) is 3.01. The highest BCUT2D eigenvalue weighted by Gasteiger charge is 2.14. The summed E-state index contributed by atoms with van der Waals surface area (Å²) < 4.78 is 6.97. The van der Waals surface area contributed by atoms with Crippen molar-refractivity contribution in [2.75, 3.05) is 24.7 Å². The first kappa shape index (κ1) is 25.6. The van der Waals surface area contributed by atoms with Crippen LogP contribution in [-0.2, 0) is 17.8 Å². The maximum atomic E-state index is 12.4. The second kappa shape index (κ2) is 12.5. The minimum atomic E-state index is -0.232. The number of carbonyl (C=O) groups is 2. The van der Waals surface area contributed by atoms with E-state index in [0.29, 0.717) is 57.5 Å². The van der Waals surface area contributed by atoms with Crippen LogP contribution in [0.4, 0.5) is 5.69 Å². The van der Waals surface area contributed by atoms with Gasteiger partial charge in [-0.1, -0.05) is 41.0 Å². The summed E-state index contributed by atoms with van der Waals surface area (Å²) in [6.07, 6.45) is 2.19. The van der Waals surface area contributed by atoms with Gasteiger partial charge in [0, 0.05) is 40.8 Å². The van der Waals surface area contributed by atoms with Crippen LogP contribution in [0.3, 0.4) is 0 Å². The molecule has 0 atom stereocenters. The summed E-state index contributed by atoms with van der Waals surface area (Å²) in [4.78, 5) is 24.7. The van der Waals surface area contributed by atoms with Gasteiger partial charge in [0.15, 0.2) is 5.16 Å². The summed E-state index contributed by atoms with van der Waals surface area (Å²) in [5, 5.41) is 15.5. The first-order valence-electron chi connectivity index (χ1n) is 10.2. The molecule has 1 aromatic heterocycles. The lowest BCUT2D eigenvalue weighted by molar-refractivity contribution is -0.113. The van der Waals surface area contributed by atoms with Gasteiger partial charge in [-0.3, -0.25) is 9.59 Å². The lowest BCUT2D eigenvalue weighted by Crippen LogP contribution is -2.26. The maximum Gasteiger partial charge on any atom is 0.251 e. The maximum absolute atomic E-state index is 12.4. The molecule has 0 spiro atoms. The third-order valence-corrected chi connectivity index (χ3v) is 5.97. The zero-order valence-electron chi connectivity index (χ0n) is 18.4. The van der Waals surface area contributed by atoms with Crippen LogP contribution in [0.25, 0.3) is 0 Å². The van der Waals surface area contributed by atoms with E-state index in [1.54, 1.807) is 55.7 Å². The van der Waals surface area contributed by atoms with Gasteiger partial charge in [-0.05, 0) is 42.5 Å². The Balaban J connectivity index is 1.55. The highest BCUT2D eigenvalue weighted by Crippen LogP contribution is 2.23. The Bertz CT molecular complexity index is 1150. The molecule has 0 bridgehead atoms. The minimum absolute atomic E-state index is 0.119. The van der Waals surface area contributed by atoms with E-state index in [-0.39, 0.29) is 17.6 Å². The van der Waals surface area contributed by atoms with E-state index < -0.39 is 0 Å². The molecule has 0 unspecified atom stereocenters. The van der Waals surface area contributed by atoms with Gasteiger partial charge in [-0.15, -0.1) is 16.8 Å². The van der Waals surface area contributed by atoms with E-state index in [9.17, 15) is 9.59 Å². The van der Waals surface area contributed by atoms with Crippen molar-refractivity contribution in [1.29, 1.82) is 0 Å². The molecule has 8 nitrogen and oxygen atoms in total. The number of anilines is 1.